The first-order chi connectivity index (χ1) is 14.2. The molecule has 5 nitrogen and oxygen atoms in total. The van der Waals surface area contributed by atoms with Crippen LogP contribution < -0.4 is 15.4 Å². The molecule has 4 rings (SSSR count). The SMILES string of the molecule is O=C(C[C@H]1Oc2ccccc2NC1=O)N[C@@H](Cc1ccccc1)c1ccccc1. The number of rotatable bonds is 6. The van der Waals surface area contributed by atoms with E-state index in [1.165, 1.54) is 0 Å². The molecular formula is C24H22N2O3. The number of para-hydroxylation sites is 2. The Morgan fingerprint density at radius 2 is 1.59 bits per heavy atom. The van der Waals surface area contributed by atoms with Gasteiger partial charge in [-0.05, 0) is 29.7 Å². The number of carbonyl (C=O) groups is 2. The fourth-order valence-electron chi connectivity index (χ4n) is 3.44. The number of nitrogens with one attached hydrogen (secondary N) is 2. The monoisotopic (exact) mass is 386 g/mol. The van der Waals surface area contributed by atoms with Crippen LogP contribution in [0.5, 0.6) is 5.75 Å². The van der Waals surface area contributed by atoms with Gasteiger partial charge in [0.15, 0.2) is 6.10 Å². The number of ether oxygens (including phenoxy) is 1. The lowest BCUT2D eigenvalue weighted by Gasteiger charge is -2.26. The minimum absolute atomic E-state index is 0.0434. The Labute approximate surface area is 169 Å². The van der Waals surface area contributed by atoms with E-state index in [0.717, 1.165) is 11.1 Å². The highest BCUT2D eigenvalue weighted by atomic mass is 16.5. The number of benzene rings is 3. The Morgan fingerprint density at radius 1 is 0.931 bits per heavy atom. The van der Waals surface area contributed by atoms with Crippen molar-refractivity contribution in [2.75, 3.05) is 5.32 Å². The van der Waals surface area contributed by atoms with Gasteiger partial charge in [0.1, 0.15) is 5.75 Å². The van der Waals surface area contributed by atoms with Crippen molar-refractivity contribution in [2.45, 2.75) is 25.0 Å². The van der Waals surface area contributed by atoms with Gasteiger partial charge < -0.3 is 15.4 Å². The first kappa shape index (κ1) is 18.7. The average molecular weight is 386 g/mol. The van der Waals surface area contributed by atoms with Crippen LogP contribution >= 0.6 is 0 Å². The first-order valence-corrected chi connectivity index (χ1v) is 9.64. The van der Waals surface area contributed by atoms with Crippen molar-refractivity contribution in [3.63, 3.8) is 0 Å². The molecule has 0 aliphatic carbocycles. The van der Waals surface area contributed by atoms with Crippen LogP contribution in [0.3, 0.4) is 0 Å². The molecule has 146 valence electrons. The number of hydrogen-bond donors (Lipinski definition) is 2. The van der Waals surface area contributed by atoms with E-state index in [0.29, 0.717) is 17.9 Å². The van der Waals surface area contributed by atoms with Crippen molar-refractivity contribution in [1.29, 1.82) is 0 Å². The largest absolute Gasteiger partial charge is 0.478 e. The average Bonchev–Trinajstić information content (AvgIpc) is 2.75. The Kier molecular flexibility index (Phi) is 5.56. The summed E-state index contributed by atoms with van der Waals surface area (Å²) in [7, 11) is 0. The van der Waals surface area contributed by atoms with Crippen LogP contribution in [0.25, 0.3) is 0 Å². The van der Waals surface area contributed by atoms with Crippen LogP contribution in [0.2, 0.25) is 0 Å². The molecule has 1 heterocycles. The zero-order valence-electron chi connectivity index (χ0n) is 15.9. The van der Waals surface area contributed by atoms with Crippen LogP contribution in [-0.2, 0) is 16.0 Å². The zero-order chi connectivity index (χ0) is 20.1. The van der Waals surface area contributed by atoms with Crippen LogP contribution in [0.4, 0.5) is 5.69 Å². The van der Waals surface area contributed by atoms with Gasteiger partial charge in [-0.2, -0.15) is 0 Å². The second kappa shape index (κ2) is 8.61. The molecule has 0 saturated heterocycles. The van der Waals surface area contributed by atoms with Gasteiger partial charge in [0.2, 0.25) is 5.91 Å². The molecule has 0 bridgehead atoms. The molecule has 2 N–H and O–H groups in total. The summed E-state index contributed by atoms with van der Waals surface area (Å²) in [6.07, 6.45) is -0.229. The summed E-state index contributed by atoms with van der Waals surface area (Å²) in [5.74, 6) is 0.0429. The van der Waals surface area contributed by atoms with Gasteiger partial charge in [-0.3, -0.25) is 9.59 Å². The minimum atomic E-state index is -0.849. The second-order valence-corrected chi connectivity index (χ2v) is 7.02. The molecule has 29 heavy (non-hydrogen) atoms. The van der Waals surface area contributed by atoms with E-state index >= 15 is 0 Å². The van der Waals surface area contributed by atoms with Crippen molar-refractivity contribution in [2.24, 2.45) is 0 Å². The number of hydrogen-bond acceptors (Lipinski definition) is 3. The van der Waals surface area contributed by atoms with E-state index in [-0.39, 0.29) is 24.3 Å². The van der Waals surface area contributed by atoms with E-state index in [1.807, 2.05) is 72.8 Å². The van der Waals surface area contributed by atoms with Crippen LogP contribution in [0.1, 0.15) is 23.6 Å². The fraction of sp³-hybridized carbons (Fsp3) is 0.167. The quantitative estimate of drug-likeness (QED) is 0.676. The topological polar surface area (TPSA) is 67.4 Å². The van der Waals surface area contributed by atoms with Gasteiger partial charge in [0.25, 0.3) is 5.91 Å². The smallest absolute Gasteiger partial charge is 0.266 e. The molecule has 0 unspecified atom stereocenters. The van der Waals surface area contributed by atoms with E-state index in [4.69, 9.17) is 4.74 Å². The number of anilines is 1. The summed E-state index contributed by atoms with van der Waals surface area (Å²) in [6.45, 7) is 0. The molecule has 0 fully saturated rings. The lowest BCUT2D eigenvalue weighted by molar-refractivity contribution is -0.130. The molecule has 3 aromatic carbocycles. The van der Waals surface area contributed by atoms with E-state index in [1.54, 1.807) is 12.1 Å². The summed E-state index contributed by atoms with van der Waals surface area (Å²) in [4.78, 5) is 25.1. The van der Waals surface area contributed by atoms with Crippen LogP contribution in [0.15, 0.2) is 84.9 Å². The lowest BCUT2D eigenvalue weighted by atomic mass is 9.98. The normalized spacial score (nSPS) is 16.1. The predicted molar refractivity (Wildman–Crippen MR) is 112 cm³/mol. The van der Waals surface area contributed by atoms with Gasteiger partial charge in [0.05, 0.1) is 18.2 Å². The third-order valence-corrected chi connectivity index (χ3v) is 4.90. The molecule has 0 spiro atoms. The van der Waals surface area contributed by atoms with Gasteiger partial charge in [0, 0.05) is 0 Å². The first-order valence-electron chi connectivity index (χ1n) is 9.64. The summed E-state index contributed by atoms with van der Waals surface area (Å²) >= 11 is 0. The summed E-state index contributed by atoms with van der Waals surface area (Å²) in [5, 5.41) is 5.87. The van der Waals surface area contributed by atoms with E-state index in [9.17, 15) is 9.59 Å². The van der Waals surface area contributed by atoms with Gasteiger partial charge in [-0.25, -0.2) is 0 Å². The van der Waals surface area contributed by atoms with Crippen LogP contribution in [-0.4, -0.2) is 17.9 Å². The number of fused-ring (bicyclic) bond motifs is 1. The number of amides is 2. The lowest BCUT2D eigenvalue weighted by Crippen LogP contribution is -2.41. The predicted octanol–water partition coefficient (Wildman–Crippen LogP) is 3.88. The third-order valence-electron chi connectivity index (χ3n) is 4.90. The maximum Gasteiger partial charge on any atom is 0.266 e. The Balaban J connectivity index is 1.46. The van der Waals surface area contributed by atoms with Crippen molar-refractivity contribution in [3.8, 4) is 5.75 Å². The zero-order valence-corrected chi connectivity index (χ0v) is 15.9. The Hall–Kier alpha value is -3.60. The molecule has 0 saturated carbocycles. The van der Waals surface area contributed by atoms with Crippen molar-refractivity contribution in [3.05, 3.63) is 96.1 Å². The molecule has 0 radical (unpaired) electrons. The second-order valence-electron chi connectivity index (χ2n) is 7.02. The van der Waals surface area contributed by atoms with Gasteiger partial charge in [-0.1, -0.05) is 72.8 Å². The van der Waals surface area contributed by atoms with Gasteiger partial charge in [-0.15, -0.1) is 0 Å². The maximum absolute atomic E-state index is 12.8. The highest BCUT2D eigenvalue weighted by Crippen LogP contribution is 2.29. The maximum atomic E-state index is 12.8. The molecule has 0 aromatic heterocycles. The van der Waals surface area contributed by atoms with Gasteiger partial charge >= 0.3 is 0 Å². The minimum Gasteiger partial charge on any atom is -0.478 e. The Morgan fingerprint density at radius 3 is 2.34 bits per heavy atom. The summed E-state index contributed by atoms with van der Waals surface area (Å²) in [6, 6.07) is 26.9. The van der Waals surface area contributed by atoms with Crippen molar-refractivity contribution in [1.82, 2.24) is 5.32 Å². The van der Waals surface area contributed by atoms with E-state index < -0.39 is 6.10 Å². The summed E-state index contributed by atoms with van der Waals surface area (Å²) < 4.78 is 5.75. The molecule has 2 atom stereocenters. The molecule has 1 aliphatic heterocycles. The molecule has 3 aromatic rings. The van der Waals surface area contributed by atoms with Crippen molar-refractivity contribution < 1.29 is 14.3 Å². The molecule has 5 heteroatoms. The van der Waals surface area contributed by atoms with Crippen LogP contribution in [0, 0.1) is 0 Å². The highest BCUT2D eigenvalue weighted by molar-refractivity contribution is 5.99. The summed E-state index contributed by atoms with van der Waals surface area (Å²) in [5.41, 5.74) is 2.77. The molecular weight excluding hydrogens is 364 g/mol. The standard InChI is InChI=1S/C24H22N2O3/c27-23(16-22-24(28)26-19-13-7-8-14-21(19)29-22)25-20(18-11-5-2-6-12-18)15-17-9-3-1-4-10-17/h1-14,20,22H,15-16H2,(H,25,27)(H,26,28)/t20-,22+/m0/s1. The van der Waals surface area contributed by atoms with E-state index in [2.05, 4.69) is 10.6 Å². The molecule has 1 aliphatic rings. The third kappa shape index (κ3) is 4.63. The fourth-order valence-corrected chi connectivity index (χ4v) is 3.44. The molecule has 2 amide bonds. The Bertz CT molecular complexity index is 989. The number of carbonyl (C=O) groups excluding carboxylic acids is 2. The van der Waals surface area contributed by atoms with Crippen molar-refractivity contribution >= 4 is 17.5 Å². The highest BCUT2D eigenvalue weighted by Gasteiger charge is 2.30.